The van der Waals surface area contributed by atoms with Crippen molar-refractivity contribution in [1.29, 1.82) is 0 Å². The maximum absolute atomic E-state index is 12.1. The predicted octanol–water partition coefficient (Wildman–Crippen LogP) is 1.89. The minimum atomic E-state index is 0.0902. The molecule has 0 spiro atoms. The molecule has 15 heavy (non-hydrogen) atoms. The number of aromatic nitrogens is 2. The van der Waals surface area contributed by atoms with Crippen molar-refractivity contribution < 1.29 is 0 Å². The first-order valence-electron chi connectivity index (χ1n) is 4.92. The molecule has 0 aliphatic carbocycles. The van der Waals surface area contributed by atoms with Crippen molar-refractivity contribution in [2.24, 2.45) is 0 Å². The van der Waals surface area contributed by atoms with Gasteiger partial charge in [-0.15, -0.1) is 0 Å². The molecule has 0 N–H and O–H groups in total. The Kier molecular flexibility index (Phi) is 1.85. The molecule has 0 bridgehead atoms. The fourth-order valence-corrected chi connectivity index (χ4v) is 2.89. The molecule has 0 saturated heterocycles. The fraction of sp³-hybridized carbons (Fsp3) is 0.273. The zero-order valence-electron chi connectivity index (χ0n) is 8.30. The number of hydrogen-bond donors (Lipinski definition) is 0. The molecule has 1 aromatic carbocycles. The van der Waals surface area contributed by atoms with E-state index in [1.807, 2.05) is 24.3 Å². The number of para-hydroxylation sites is 1. The van der Waals surface area contributed by atoms with Crippen LogP contribution in [0.4, 0.5) is 0 Å². The fourth-order valence-electron chi connectivity index (χ4n) is 1.87. The minimum Gasteiger partial charge on any atom is -0.286 e. The van der Waals surface area contributed by atoms with Crippen LogP contribution < -0.4 is 5.56 Å². The molecule has 0 saturated carbocycles. The molecule has 0 radical (unpaired) electrons. The first-order chi connectivity index (χ1) is 7.25. The maximum atomic E-state index is 12.1. The molecule has 76 valence electrons. The highest BCUT2D eigenvalue weighted by Crippen LogP contribution is 2.29. The number of benzene rings is 1. The van der Waals surface area contributed by atoms with E-state index in [4.69, 9.17) is 0 Å². The molecule has 0 amide bonds. The molecule has 1 aromatic heterocycles. The number of nitrogens with zero attached hydrogens (tertiary/aromatic N) is 2. The Balaban J connectivity index is 2.40. The summed E-state index contributed by atoms with van der Waals surface area (Å²) in [7, 11) is 0. The Morgan fingerprint density at radius 2 is 2.27 bits per heavy atom. The predicted molar refractivity (Wildman–Crippen MR) is 61.3 cm³/mol. The van der Waals surface area contributed by atoms with E-state index < -0.39 is 0 Å². The van der Waals surface area contributed by atoms with Gasteiger partial charge in [-0.2, -0.15) is 0 Å². The number of fused-ring (bicyclic) bond motifs is 2. The average Bonchev–Trinajstić information content (AvgIpc) is 2.59. The van der Waals surface area contributed by atoms with E-state index >= 15 is 0 Å². The van der Waals surface area contributed by atoms with E-state index in [2.05, 4.69) is 11.9 Å². The first-order valence-corrected chi connectivity index (χ1v) is 5.80. The summed E-state index contributed by atoms with van der Waals surface area (Å²) >= 11 is 1.67. The van der Waals surface area contributed by atoms with Gasteiger partial charge < -0.3 is 0 Å². The van der Waals surface area contributed by atoms with Gasteiger partial charge >= 0.3 is 0 Å². The molecule has 4 heteroatoms. The Hall–Kier alpha value is -1.29. The van der Waals surface area contributed by atoms with Gasteiger partial charge in [0.25, 0.3) is 5.56 Å². The summed E-state index contributed by atoms with van der Waals surface area (Å²) in [6, 6.07) is 7.52. The quantitative estimate of drug-likeness (QED) is 0.633. The third-order valence-electron chi connectivity index (χ3n) is 2.57. The number of rotatable bonds is 0. The van der Waals surface area contributed by atoms with Crippen LogP contribution in [-0.2, 0) is 6.54 Å². The van der Waals surface area contributed by atoms with Gasteiger partial charge in [0.2, 0.25) is 0 Å². The molecule has 2 aromatic rings. The molecule has 1 aliphatic rings. The summed E-state index contributed by atoms with van der Waals surface area (Å²) in [5.74, 6) is 0. The normalized spacial score (nSPS) is 19.4. The first kappa shape index (κ1) is 8.97. The summed E-state index contributed by atoms with van der Waals surface area (Å²) < 4.78 is 1.78. The largest absolute Gasteiger partial charge is 0.286 e. The Labute approximate surface area is 91.1 Å². The summed E-state index contributed by atoms with van der Waals surface area (Å²) in [5, 5.41) is 2.02. The van der Waals surface area contributed by atoms with Crippen molar-refractivity contribution in [2.45, 2.75) is 23.9 Å². The van der Waals surface area contributed by atoms with Gasteiger partial charge in [-0.25, -0.2) is 4.98 Å². The molecule has 0 unspecified atom stereocenters. The Morgan fingerprint density at radius 1 is 1.47 bits per heavy atom. The maximum Gasteiger partial charge on any atom is 0.262 e. The van der Waals surface area contributed by atoms with Crippen LogP contribution in [-0.4, -0.2) is 14.8 Å². The molecular weight excluding hydrogens is 208 g/mol. The molecule has 1 atom stereocenters. The summed E-state index contributed by atoms with van der Waals surface area (Å²) in [6.45, 7) is 2.89. The molecule has 3 rings (SSSR count). The van der Waals surface area contributed by atoms with Crippen LogP contribution >= 0.6 is 11.8 Å². The zero-order chi connectivity index (χ0) is 10.4. The SMILES string of the molecule is C[C@H]1Cn2c(nc3ccccc3c2=O)S1. The van der Waals surface area contributed by atoms with Gasteiger partial charge in [0.05, 0.1) is 10.9 Å². The highest BCUT2D eigenvalue weighted by Gasteiger charge is 2.21. The monoisotopic (exact) mass is 218 g/mol. The number of thioether (sulfide) groups is 1. The lowest BCUT2D eigenvalue weighted by atomic mass is 10.2. The second-order valence-electron chi connectivity index (χ2n) is 3.76. The van der Waals surface area contributed by atoms with E-state index in [-0.39, 0.29) is 5.56 Å². The zero-order valence-corrected chi connectivity index (χ0v) is 9.12. The van der Waals surface area contributed by atoms with Crippen LogP contribution in [0.3, 0.4) is 0 Å². The topological polar surface area (TPSA) is 34.9 Å². The van der Waals surface area contributed by atoms with Crippen molar-refractivity contribution in [3.8, 4) is 0 Å². The second-order valence-corrected chi connectivity index (χ2v) is 5.16. The lowest BCUT2D eigenvalue weighted by Gasteiger charge is -2.02. The van der Waals surface area contributed by atoms with Gasteiger partial charge in [-0.1, -0.05) is 30.8 Å². The highest BCUT2D eigenvalue weighted by molar-refractivity contribution is 7.99. The lowest BCUT2D eigenvalue weighted by Crippen LogP contribution is -2.21. The van der Waals surface area contributed by atoms with Crippen molar-refractivity contribution >= 4 is 22.7 Å². The van der Waals surface area contributed by atoms with Crippen LogP contribution in [0.25, 0.3) is 10.9 Å². The van der Waals surface area contributed by atoms with Gasteiger partial charge in [0, 0.05) is 11.8 Å². The molecule has 2 heterocycles. The number of hydrogen-bond acceptors (Lipinski definition) is 3. The standard InChI is InChI=1S/C11H10N2OS/c1-7-6-13-10(14)8-4-2-3-5-9(8)12-11(13)15-7/h2-5,7H,6H2,1H3/t7-/m0/s1. The molecular formula is C11H10N2OS. The van der Waals surface area contributed by atoms with Gasteiger partial charge in [-0.05, 0) is 12.1 Å². The molecule has 1 aliphatic heterocycles. The second kappa shape index (κ2) is 3.10. The Bertz CT molecular complexity index is 591. The van der Waals surface area contributed by atoms with Crippen molar-refractivity contribution in [3.63, 3.8) is 0 Å². The summed E-state index contributed by atoms with van der Waals surface area (Å²) in [6.07, 6.45) is 0. The highest BCUT2D eigenvalue weighted by atomic mass is 32.2. The van der Waals surface area contributed by atoms with Crippen LogP contribution in [0, 0.1) is 0 Å². The summed E-state index contributed by atoms with van der Waals surface area (Å²) in [5.41, 5.74) is 0.891. The molecule has 0 fully saturated rings. The minimum absolute atomic E-state index is 0.0902. The van der Waals surface area contributed by atoms with Crippen LogP contribution in [0.15, 0.2) is 34.2 Å². The Morgan fingerprint density at radius 3 is 3.13 bits per heavy atom. The van der Waals surface area contributed by atoms with Crippen LogP contribution in [0.2, 0.25) is 0 Å². The van der Waals surface area contributed by atoms with Crippen molar-refractivity contribution in [3.05, 3.63) is 34.6 Å². The van der Waals surface area contributed by atoms with Gasteiger partial charge in [-0.3, -0.25) is 9.36 Å². The van der Waals surface area contributed by atoms with Gasteiger partial charge in [0.15, 0.2) is 5.16 Å². The van der Waals surface area contributed by atoms with Crippen LogP contribution in [0.1, 0.15) is 6.92 Å². The third kappa shape index (κ3) is 1.28. The van der Waals surface area contributed by atoms with E-state index in [1.165, 1.54) is 0 Å². The smallest absolute Gasteiger partial charge is 0.262 e. The van der Waals surface area contributed by atoms with Crippen molar-refractivity contribution in [2.75, 3.05) is 0 Å². The summed E-state index contributed by atoms with van der Waals surface area (Å²) in [4.78, 5) is 16.6. The van der Waals surface area contributed by atoms with E-state index in [9.17, 15) is 4.79 Å². The van der Waals surface area contributed by atoms with Gasteiger partial charge in [0.1, 0.15) is 0 Å². The van der Waals surface area contributed by atoms with Crippen LogP contribution in [0.5, 0.6) is 0 Å². The van der Waals surface area contributed by atoms with Crippen molar-refractivity contribution in [1.82, 2.24) is 9.55 Å². The van der Waals surface area contributed by atoms with E-state index in [0.717, 1.165) is 22.6 Å². The third-order valence-corrected chi connectivity index (χ3v) is 3.65. The average molecular weight is 218 g/mol. The molecule has 3 nitrogen and oxygen atoms in total. The van der Waals surface area contributed by atoms with E-state index in [1.54, 1.807) is 16.3 Å². The lowest BCUT2D eigenvalue weighted by molar-refractivity contribution is 0.629. The van der Waals surface area contributed by atoms with E-state index in [0.29, 0.717) is 5.25 Å².